The predicted molar refractivity (Wildman–Crippen MR) is 54.7 cm³/mol. The summed E-state index contributed by atoms with van der Waals surface area (Å²) in [6, 6.07) is 0. The molecule has 0 N–H and O–H groups in total. The number of alkyl halides is 16. The monoisotopic (exact) mass is 540 g/mol. The average Bonchev–Trinajstić information content (AvgIpc) is 2.21. The maximum Gasteiger partial charge on any atom is 0.458 e. The highest BCUT2D eigenvalue weighted by Gasteiger charge is 2.82. The van der Waals surface area contributed by atoms with E-state index in [2.05, 4.69) is 0 Å². The molecule has 1 unspecified atom stereocenters. The number of halogens is 16. The fourth-order valence-electron chi connectivity index (χ4n) is 0.801. The lowest BCUT2D eigenvalue weighted by atomic mass is 10.2. The van der Waals surface area contributed by atoms with Gasteiger partial charge in [-0.2, -0.15) is 61.5 Å². The zero-order valence-electron chi connectivity index (χ0n) is 10.4. The molecule has 0 aromatic heterocycles. The van der Waals surface area contributed by atoms with Crippen LogP contribution >= 0.6 is 31.9 Å². The van der Waals surface area contributed by atoms with E-state index in [-0.39, 0.29) is 0 Å². The van der Waals surface area contributed by atoms with Crippen LogP contribution in [0.15, 0.2) is 0 Å². The van der Waals surface area contributed by atoms with E-state index in [4.69, 9.17) is 0 Å². The van der Waals surface area contributed by atoms with Gasteiger partial charge < -0.3 is 0 Å². The van der Waals surface area contributed by atoms with Gasteiger partial charge >= 0.3 is 40.0 Å². The Bertz CT molecular complexity index is 479. The summed E-state index contributed by atoms with van der Waals surface area (Å²) in [5.74, 6) is -7.40. The van der Waals surface area contributed by atoms with E-state index in [1.807, 2.05) is 0 Å². The molecular weight excluding hydrogens is 542 g/mol. The molecule has 0 aromatic carbocycles. The van der Waals surface area contributed by atoms with E-state index < -0.39 is 40.0 Å². The van der Waals surface area contributed by atoms with Crippen LogP contribution in [-0.4, -0.2) is 40.0 Å². The molecule has 0 radical (unpaired) electrons. The Morgan fingerprint density at radius 2 is 0.720 bits per heavy atom. The van der Waals surface area contributed by atoms with Crippen LogP contribution in [0.3, 0.4) is 0 Å². The van der Waals surface area contributed by atoms with Crippen molar-refractivity contribution in [3.05, 3.63) is 0 Å². The second-order valence-corrected chi connectivity index (χ2v) is 5.83. The molecular formula is C7Br2F14O2. The SMILES string of the molecule is FC(F)(F)C(F)(OC(F)(F)C(F)(F)Br)C(F)(F)OC(F)(F)C(F)(F)Br. The standard InChI is InChI=1S/C7Br2F14O2/c8-2(11,12)6(20,21)24-1(10,4(15,16)17)5(18,19)25-7(22,23)3(9,13)14. The zero-order chi connectivity index (χ0) is 20.9. The van der Waals surface area contributed by atoms with Crippen LogP contribution in [0.25, 0.3) is 0 Å². The van der Waals surface area contributed by atoms with Gasteiger partial charge in [-0.05, 0) is 0 Å². The minimum Gasteiger partial charge on any atom is -0.262 e. The van der Waals surface area contributed by atoms with E-state index >= 15 is 0 Å². The fourth-order valence-corrected chi connectivity index (χ4v) is 0.963. The first-order valence-corrected chi connectivity index (χ1v) is 6.43. The Morgan fingerprint density at radius 1 is 0.440 bits per heavy atom. The van der Waals surface area contributed by atoms with Gasteiger partial charge in [-0.1, -0.05) is 0 Å². The summed E-state index contributed by atoms with van der Waals surface area (Å²) in [6.45, 7) is 0. The second-order valence-electron chi connectivity index (χ2n) is 3.84. The normalized spacial score (nSPS) is 18.2. The van der Waals surface area contributed by atoms with E-state index in [0.717, 1.165) is 0 Å². The molecule has 1 atom stereocenters. The van der Waals surface area contributed by atoms with Crippen molar-refractivity contribution in [2.75, 3.05) is 0 Å². The molecule has 0 saturated heterocycles. The Labute approximate surface area is 143 Å². The van der Waals surface area contributed by atoms with Gasteiger partial charge in [-0.15, -0.1) is 0 Å². The summed E-state index contributed by atoms with van der Waals surface area (Å²) in [6.07, 6.45) is -28.1. The maximum absolute atomic E-state index is 13.4. The molecule has 18 heteroatoms. The molecule has 0 aliphatic rings. The van der Waals surface area contributed by atoms with Crippen molar-refractivity contribution in [3.8, 4) is 0 Å². The minimum atomic E-state index is -7.43. The quantitative estimate of drug-likeness (QED) is 0.291. The molecule has 25 heavy (non-hydrogen) atoms. The van der Waals surface area contributed by atoms with Crippen LogP contribution in [0.4, 0.5) is 61.5 Å². The molecule has 0 spiro atoms. The van der Waals surface area contributed by atoms with Crippen LogP contribution in [-0.2, 0) is 9.47 Å². The topological polar surface area (TPSA) is 18.5 Å². The Balaban J connectivity index is 6.13. The first-order chi connectivity index (χ1) is 10.4. The summed E-state index contributed by atoms with van der Waals surface area (Å²) in [5.41, 5.74) is 0. The van der Waals surface area contributed by atoms with Crippen molar-refractivity contribution in [2.24, 2.45) is 0 Å². The fraction of sp³-hybridized carbons (Fsp3) is 1.00. The van der Waals surface area contributed by atoms with Gasteiger partial charge in [0, 0.05) is 31.9 Å². The van der Waals surface area contributed by atoms with E-state index in [9.17, 15) is 61.5 Å². The molecule has 0 aliphatic carbocycles. The molecule has 2 nitrogen and oxygen atoms in total. The highest BCUT2D eigenvalue weighted by molar-refractivity contribution is 9.10. The van der Waals surface area contributed by atoms with Crippen molar-refractivity contribution in [3.63, 3.8) is 0 Å². The van der Waals surface area contributed by atoms with Gasteiger partial charge in [0.05, 0.1) is 0 Å². The van der Waals surface area contributed by atoms with Crippen LogP contribution in [0.1, 0.15) is 0 Å². The molecule has 0 amide bonds. The lowest BCUT2D eigenvalue weighted by molar-refractivity contribution is -0.540. The molecule has 0 fully saturated rings. The Morgan fingerprint density at radius 3 is 0.960 bits per heavy atom. The first-order valence-electron chi connectivity index (χ1n) is 4.84. The van der Waals surface area contributed by atoms with Crippen molar-refractivity contribution in [1.82, 2.24) is 0 Å². The lowest BCUT2D eigenvalue weighted by Crippen LogP contribution is -2.64. The number of hydrogen-bond donors (Lipinski definition) is 0. The Kier molecular flexibility index (Phi) is 6.48. The molecule has 0 saturated carbocycles. The third-order valence-electron chi connectivity index (χ3n) is 1.92. The van der Waals surface area contributed by atoms with Gasteiger partial charge in [-0.25, -0.2) is 4.74 Å². The van der Waals surface area contributed by atoms with E-state index in [0.29, 0.717) is 31.9 Å². The van der Waals surface area contributed by atoms with Gasteiger partial charge in [0.15, 0.2) is 0 Å². The van der Waals surface area contributed by atoms with Crippen LogP contribution < -0.4 is 0 Å². The first kappa shape index (κ1) is 24.9. The molecule has 152 valence electrons. The summed E-state index contributed by atoms with van der Waals surface area (Å²) < 4.78 is 179. The summed E-state index contributed by atoms with van der Waals surface area (Å²) in [7, 11) is 0. The third kappa shape index (κ3) is 5.00. The van der Waals surface area contributed by atoms with Crippen LogP contribution in [0.5, 0.6) is 0 Å². The molecule has 0 aliphatic heterocycles. The zero-order valence-corrected chi connectivity index (χ0v) is 13.5. The lowest BCUT2D eigenvalue weighted by Gasteiger charge is -2.38. The van der Waals surface area contributed by atoms with Crippen molar-refractivity contribution in [1.29, 1.82) is 0 Å². The summed E-state index contributed by atoms with van der Waals surface area (Å²) in [4.78, 5) is -11.8. The maximum atomic E-state index is 13.4. The molecule has 0 heterocycles. The van der Waals surface area contributed by atoms with Crippen molar-refractivity contribution < 1.29 is 70.9 Å². The highest BCUT2D eigenvalue weighted by Crippen LogP contribution is 2.55. The minimum absolute atomic E-state index is 0.676. The predicted octanol–water partition coefficient (Wildman–Crippen LogP) is 6.00. The number of hydrogen-bond acceptors (Lipinski definition) is 2. The number of rotatable bonds is 7. The van der Waals surface area contributed by atoms with Crippen molar-refractivity contribution in [2.45, 2.75) is 40.0 Å². The smallest absolute Gasteiger partial charge is 0.262 e. The van der Waals surface area contributed by atoms with Gasteiger partial charge in [0.1, 0.15) is 0 Å². The number of ether oxygens (including phenoxy) is 2. The Hall–Kier alpha value is -0.100. The van der Waals surface area contributed by atoms with Crippen LogP contribution in [0.2, 0.25) is 0 Å². The summed E-state index contributed by atoms with van der Waals surface area (Å²) in [5, 5.41) is 0. The average molecular weight is 542 g/mol. The highest BCUT2D eigenvalue weighted by atomic mass is 79.9. The molecule has 0 bridgehead atoms. The molecule has 0 aromatic rings. The second kappa shape index (κ2) is 6.50. The van der Waals surface area contributed by atoms with E-state index in [1.54, 1.807) is 9.47 Å². The van der Waals surface area contributed by atoms with Crippen LogP contribution in [0, 0.1) is 0 Å². The van der Waals surface area contributed by atoms with Gasteiger partial charge in [0.2, 0.25) is 0 Å². The van der Waals surface area contributed by atoms with E-state index in [1.165, 1.54) is 0 Å². The third-order valence-corrected chi connectivity index (χ3v) is 2.85. The largest absolute Gasteiger partial charge is 0.458 e. The summed E-state index contributed by atoms with van der Waals surface area (Å²) >= 11 is 1.38. The molecule has 0 rings (SSSR count). The van der Waals surface area contributed by atoms with Crippen molar-refractivity contribution >= 4 is 31.9 Å². The van der Waals surface area contributed by atoms with Gasteiger partial charge in [0.25, 0.3) is 0 Å². The van der Waals surface area contributed by atoms with Gasteiger partial charge in [-0.3, -0.25) is 4.74 Å².